The van der Waals surface area contributed by atoms with E-state index in [2.05, 4.69) is 102 Å². The van der Waals surface area contributed by atoms with E-state index in [0.717, 1.165) is 29.4 Å². The molecule has 5 aliphatic carbocycles. The summed E-state index contributed by atoms with van der Waals surface area (Å²) in [4.78, 5) is 0. The van der Waals surface area contributed by atoms with Gasteiger partial charge in [-0.25, -0.2) is 0 Å². The highest BCUT2D eigenvalue weighted by atomic mass is 14.9. The maximum Gasteiger partial charge on any atom is 0.0390 e. The van der Waals surface area contributed by atoms with E-state index in [1.54, 1.807) is 11.1 Å². The molecule has 4 saturated carbocycles. The second-order valence-corrected chi connectivity index (χ2v) is 11.6. The molecule has 1 spiro atoms. The van der Waals surface area contributed by atoms with Crippen LogP contribution in [0, 0.1) is 23.7 Å². The fourth-order valence-corrected chi connectivity index (χ4v) is 8.80. The molecule has 0 aliphatic heterocycles. The summed E-state index contributed by atoms with van der Waals surface area (Å²) in [6.07, 6.45) is 7.21. The third-order valence-corrected chi connectivity index (χ3v) is 9.81. The number of benzene rings is 4. The van der Waals surface area contributed by atoms with Crippen LogP contribution in [0.5, 0.6) is 0 Å². The molecule has 5 aliphatic rings. The Hall–Kier alpha value is -3.32. The predicted molar refractivity (Wildman–Crippen MR) is 145 cm³/mol. The number of hydrogen-bond acceptors (Lipinski definition) is 1. The minimum Gasteiger partial charge on any atom is -0.356 e. The van der Waals surface area contributed by atoms with Crippen molar-refractivity contribution < 1.29 is 0 Å². The van der Waals surface area contributed by atoms with Gasteiger partial charge in [-0.3, -0.25) is 0 Å². The van der Waals surface area contributed by atoms with E-state index in [1.165, 1.54) is 60.0 Å². The molecule has 4 fully saturated rings. The van der Waals surface area contributed by atoms with Gasteiger partial charge in [0, 0.05) is 16.8 Å². The summed E-state index contributed by atoms with van der Waals surface area (Å²) in [6, 6.07) is 36.1. The molecule has 4 aromatic rings. The maximum atomic E-state index is 3.78. The lowest BCUT2D eigenvalue weighted by Crippen LogP contribution is -2.55. The molecule has 1 heteroatoms. The third kappa shape index (κ3) is 2.82. The number of fused-ring (bicyclic) bond motifs is 3. The van der Waals surface area contributed by atoms with Crippen LogP contribution in [0.25, 0.3) is 22.3 Å². The molecule has 0 saturated heterocycles. The molecule has 1 nitrogen and oxygen atoms in total. The zero-order valence-electron chi connectivity index (χ0n) is 20.1. The van der Waals surface area contributed by atoms with Gasteiger partial charge in [0.1, 0.15) is 0 Å². The van der Waals surface area contributed by atoms with Crippen molar-refractivity contribution in [1.29, 1.82) is 0 Å². The average molecular weight is 454 g/mol. The zero-order valence-corrected chi connectivity index (χ0v) is 20.1. The van der Waals surface area contributed by atoms with Gasteiger partial charge in [-0.15, -0.1) is 0 Å². The van der Waals surface area contributed by atoms with Crippen molar-refractivity contribution in [1.82, 2.24) is 0 Å². The van der Waals surface area contributed by atoms with E-state index in [-0.39, 0.29) is 5.41 Å². The summed E-state index contributed by atoms with van der Waals surface area (Å²) in [5.41, 5.74) is 11.3. The molecule has 0 radical (unpaired) electrons. The standard InChI is InChI=1S/C34H31N/c1-2-7-24(8-3-1)25-9-6-10-28(20-25)35-29-13-14-31-30-11-4-5-12-32(30)34(33(31)21-29)26-16-22-15-23(18-26)19-27(34)17-22/h1-14,20-23,26-27,35H,15-19H2. The van der Waals surface area contributed by atoms with E-state index >= 15 is 0 Å². The van der Waals surface area contributed by atoms with Gasteiger partial charge in [-0.2, -0.15) is 0 Å². The highest BCUT2D eigenvalue weighted by Crippen LogP contribution is 2.69. The number of hydrogen-bond donors (Lipinski definition) is 1. The van der Waals surface area contributed by atoms with Gasteiger partial charge in [0.25, 0.3) is 0 Å². The van der Waals surface area contributed by atoms with Gasteiger partial charge in [-0.05, 0) is 113 Å². The van der Waals surface area contributed by atoms with Gasteiger partial charge in [0.15, 0.2) is 0 Å². The molecule has 0 unspecified atom stereocenters. The molecular weight excluding hydrogens is 422 g/mol. The van der Waals surface area contributed by atoms with Gasteiger partial charge in [-0.1, -0.05) is 72.8 Å². The molecule has 4 aromatic carbocycles. The second-order valence-electron chi connectivity index (χ2n) is 11.6. The molecule has 0 atom stereocenters. The summed E-state index contributed by atoms with van der Waals surface area (Å²) in [6.45, 7) is 0. The minimum atomic E-state index is 0.225. The highest BCUT2D eigenvalue weighted by Gasteiger charge is 2.61. The summed E-state index contributed by atoms with van der Waals surface area (Å²) in [7, 11) is 0. The second kappa shape index (κ2) is 7.34. The SMILES string of the molecule is c1ccc(-c2cccc(Nc3ccc4c(c3)C3(c5ccccc5-4)C4CC5CC(C4)CC3C5)c2)cc1. The average Bonchev–Trinajstić information content (AvgIpc) is 3.18. The van der Waals surface area contributed by atoms with Crippen LogP contribution in [0.2, 0.25) is 0 Å². The van der Waals surface area contributed by atoms with Crippen LogP contribution in [-0.2, 0) is 5.41 Å². The monoisotopic (exact) mass is 453 g/mol. The maximum absolute atomic E-state index is 3.78. The Bertz CT molecular complexity index is 1400. The predicted octanol–water partition coefficient (Wildman–Crippen LogP) is 8.82. The summed E-state index contributed by atoms with van der Waals surface area (Å²) in [5.74, 6) is 3.55. The van der Waals surface area contributed by atoms with Crippen LogP contribution >= 0.6 is 0 Å². The molecule has 4 bridgehead atoms. The lowest BCUT2D eigenvalue weighted by atomic mass is 9.43. The van der Waals surface area contributed by atoms with Crippen molar-refractivity contribution in [2.45, 2.75) is 37.5 Å². The van der Waals surface area contributed by atoms with Crippen LogP contribution in [-0.4, -0.2) is 0 Å². The number of nitrogens with one attached hydrogen (secondary N) is 1. The minimum absolute atomic E-state index is 0.225. The molecule has 9 rings (SSSR count). The van der Waals surface area contributed by atoms with Crippen LogP contribution in [0.4, 0.5) is 11.4 Å². The quantitative estimate of drug-likeness (QED) is 0.327. The summed E-state index contributed by atoms with van der Waals surface area (Å²) in [5, 5.41) is 3.78. The number of rotatable bonds is 3. The van der Waals surface area contributed by atoms with Crippen molar-refractivity contribution >= 4 is 11.4 Å². The zero-order chi connectivity index (χ0) is 23.0. The molecule has 35 heavy (non-hydrogen) atoms. The Balaban J connectivity index is 1.22. The first kappa shape index (κ1) is 19.9. The van der Waals surface area contributed by atoms with Crippen LogP contribution in [0.3, 0.4) is 0 Å². The molecule has 172 valence electrons. The van der Waals surface area contributed by atoms with Crippen molar-refractivity contribution in [2.75, 3.05) is 5.32 Å². The van der Waals surface area contributed by atoms with Gasteiger partial charge in [0.05, 0.1) is 0 Å². The smallest absolute Gasteiger partial charge is 0.0390 e. The largest absolute Gasteiger partial charge is 0.356 e. The number of anilines is 2. The van der Waals surface area contributed by atoms with E-state index < -0.39 is 0 Å². The van der Waals surface area contributed by atoms with Gasteiger partial charge >= 0.3 is 0 Å². The fourth-order valence-electron chi connectivity index (χ4n) is 8.80. The highest BCUT2D eigenvalue weighted by molar-refractivity contribution is 5.84. The topological polar surface area (TPSA) is 12.0 Å². The van der Waals surface area contributed by atoms with E-state index in [9.17, 15) is 0 Å². The first-order chi connectivity index (χ1) is 17.3. The van der Waals surface area contributed by atoms with E-state index in [4.69, 9.17) is 0 Å². The lowest BCUT2D eigenvalue weighted by Gasteiger charge is -2.61. The van der Waals surface area contributed by atoms with Crippen LogP contribution < -0.4 is 5.32 Å². The molecular formula is C34H31N. The first-order valence-electron chi connectivity index (χ1n) is 13.5. The Morgan fingerprint density at radius 1 is 0.514 bits per heavy atom. The fraction of sp³-hybridized carbons (Fsp3) is 0.294. The Labute approximate surface area is 208 Å². The Kier molecular flexibility index (Phi) is 4.18. The summed E-state index contributed by atoms with van der Waals surface area (Å²) >= 11 is 0. The summed E-state index contributed by atoms with van der Waals surface area (Å²) < 4.78 is 0. The van der Waals surface area contributed by atoms with Crippen molar-refractivity contribution in [3.05, 3.63) is 108 Å². The third-order valence-electron chi connectivity index (χ3n) is 9.81. The Morgan fingerprint density at radius 2 is 1.17 bits per heavy atom. The van der Waals surface area contributed by atoms with Crippen molar-refractivity contribution in [3.8, 4) is 22.3 Å². The van der Waals surface area contributed by atoms with E-state index in [0.29, 0.717) is 0 Å². The van der Waals surface area contributed by atoms with Crippen LogP contribution in [0.1, 0.15) is 43.2 Å². The molecule has 0 heterocycles. The molecule has 1 N–H and O–H groups in total. The van der Waals surface area contributed by atoms with Crippen LogP contribution in [0.15, 0.2) is 97.1 Å². The van der Waals surface area contributed by atoms with E-state index in [1.807, 2.05) is 0 Å². The van der Waals surface area contributed by atoms with Crippen molar-refractivity contribution in [3.63, 3.8) is 0 Å². The van der Waals surface area contributed by atoms with Gasteiger partial charge in [0.2, 0.25) is 0 Å². The Morgan fingerprint density at radius 3 is 1.97 bits per heavy atom. The molecule has 0 amide bonds. The van der Waals surface area contributed by atoms with Crippen molar-refractivity contribution in [2.24, 2.45) is 23.7 Å². The normalized spacial score (nSPS) is 29.3. The van der Waals surface area contributed by atoms with Gasteiger partial charge < -0.3 is 5.32 Å². The molecule has 0 aromatic heterocycles. The lowest BCUT2D eigenvalue weighted by molar-refractivity contribution is -0.0399. The first-order valence-corrected chi connectivity index (χ1v) is 13.5.